The van der Waals surface area contributed by atoms with Crippen LogP contribution in [0.25, 0.3) is 0 Å². The first kappa shape index (κ1) is 20.3. The summed E-state index contributed by atoms with van der Waals surface area (Å²) in [4.78, 5) is 12.5. The monoisotopic (exact) mass is 394 g/mol. The minimum atomic E-state index is -3.63. The molecule has 0 heterocycles. The van der Waals surface area contributed by atoms with Crippen LogP contribution in [0.4, 0.5) is 11.4 Å². The van der Waals surface area contributed by atoms with E-state index in [1.807, 2.05) is 24.3 Å². The summed E-state index contributed by atoms with van der Waals surface area (Å²) in [6.07, 6.45) is 1.07. The second kappa shape index (κ2) is 7.68. The van der Waals surface area contributed by atoms with Crippen molar-refractivity contribution in [1.29, 1.82) is 0 Å². The molecule has 5 nitrogen and oxygen atoms in total. The van der Waals surface area contributed by atoms with Crippen molar-refractivity contribution in [3.05, 3.63) is 59.1 Å². The largest absolute Gasteiger partial charge is 0.324 e. The van der Waals surface area contributed by atoms with Gasteiger partial charge in [0.2, 0.25) is 15.9 Å². The van der Waals surface area contributed by atoms with Crippen molar-refractivity contribution in [3.8, 4) is 0 Å². The van der Waals surface area contributed by atoms with Crippen LogP contribution < -0.4 is 9.62 Å². The highest BCUT2D eigenvalue weighted by Crippen LogP contribution is 2.29. The smallest absolute Gasteiger partial charge is 0.245 e. The number of amides is 1. The van der Waals surface area contributed by atoms with Crippen LogP contribution in [-0.4, -0.2) is 27.1 Å². The second-order valence-corrected chi connectivity index (χ2v) is 9.43. The molecule has 0 aliphatic carbocycles. The third-order valence-corrected chi connectivity index (χ3v) is 5.20. The van der Waals surface area contributed by atoms with Gasteiger partial charge < -0.3 is 5.32 Å². The predicted octanol–water partition coefficient (Wildman–Crippen LogP) is 4.04. The molecule has 2 rings (SSSR count). The summed E-state index contributed by atoms with van der Waals surface area (Å²) in [6, 6.07) is 13.8. The first-order valence-corrected chi connectivity index (χ1v) is 10.3. The third-order valence-electron chi connectivity index (χ3n) is 3.81. The molecule has 0 radical (unpaired) electrons. The van der Waals surface area contributed by atoms with Crippen LogP contribution in [-0.2, 0) is 20.2 Å². The number of rotatable bonds is 5. The fourth-order valence-electron chi connectivity index (χ4n) is 2.57. The van der Waals surface area contributed by atoms with Crippen molar-refractivity contribution >= 4 is 38.9 Å². The van der Waals surface area contributed by atoms with Gasteiger partial charge in [0.1, 0.15) is 6.54 Å². The van der Waals surface area contributed by atoms with Gasteiger partial charge >= 0.3 is 0 Å². The zero-order valence-corrected chi connectivity index (χ0v) is 16.9. The molecule has 0 aromatic heterocycles. The van der Waals surface area contributed by atoms with E-state index < -0.39 is 15.9 Å². The zero-order chi connectivity index (χ0) is 19.5. The van der Waals surface area contributed by atoms with Crippen molar-refractivity contribution in [2.24, 2.45) is 0 Å². The Balaban J connectivity index is 2.26. The molecule has 1 amide bonds. The highest BCUT2D eigenvalue weighted by molar-refractivity contribution is 7.92. The van der Waals surface area contributed by atoms with E-state index in [4.69, 9.17) is 11.6 Å². The lowest BCUT2D eigenvalue weighted by atomic mass is 9.86. The van der Waals surface area contributed by atoms with Gasteiger partial charge in [-0.05, 0) is 41.3 Å². The number of halogens is 1. The minimum absolute atomic E-state index is 0.156. The Morgan fingerprint density at radius 3 is 2.19 bits per heavy atom. The van der Waals surface area contributed by atoms with E-state index in [2.05, 4.69) is 26.1 Å². The molecule has 2 aromatic rings. The number of para-hydroxylation sites is 1. The van der Waals surface area contributed by atoms with Gasteiger partial charge in [0.15, 0.2) is 0 Å². The van der Waals surface area contributed by atoms with Crippen LogP contribution in [0, 0.1) is 0 Å². The van der Waals surface area contributed by atoms with Gasteiger partial charge in [-0.25, -0.2) is 8.42 Å². The topological polar surface area (TPSA) is 66.5 Å². The van der Waals surface area contributed by atoms with Crippen molar-refractivity contribution in [2.75, 3.05) is 22.4 Å². The number of sulfonamides is 1. The molecule has 0 unspecified atom stereocenters. The van der Waals surface area contributed by atoms with Crippen molar-refractivity contribution in [1.82, 2.24) is 0 Å². The predicted molar refractivity (Wildman–Crippen MR) is 107 cm³/mol. The van der Waals surface area contributed by atoms with Crippen LogP contribution in [0.5, 0.6) is 0 Å². The quantitative estimate of drug-likeness (QED) is 0.832. The van der Waals surface area contributed by atoms with Gasteiger partial charge in [-0.3, -0.25) is 9.10 Å². The van der Waals surface area contributed by atoms with Crippen LogP contribution in [0.3, 0.4) is 0 Å². The number of carbonyl (C=O) groups excluding carboxylic acids is 1. The number of carbonyl (C=O) groups is 1. The fraction of sp³-hybridized carbons (Fsp3) is 0.316. The highest BCUT2D eigenvalue weighted by atomic mass is 35.5. The molecule has 7 heteroatoms. The lowest BCUT2D eigenvalue weighted by Crippen LogP contribution is -2.37. The summed E-state index contributed by atoms with van der Waals surface area (Å²) >= 11 is 5.86. The van der Waals surface area contributed by atoms with Crippen LogP contribution in [0.15, 0.2) is 48.5 Å². The maximum atomic E-state index is 12.5. The maximum absolute atomic E-state index is 12.5. The molecule has 0 saturated carbocycles. The van der Waals surface area contributed by atoms with Gasteiger partial charge in [-0.2, -0.15) is 0 Å². The summed E-state index contributed by atoms with van der Waals surface area (Å²) < 4.78 is 25.3. The number of hydrogen-bond acceptors (Lipinski definition) is 3. The summed E-state index contributed by atoms with van der Waals surface area (Å²) in [7, 11) is -3.63. The maximum Gasteiger partial charge on any atom is 0.245 e. The molecule has 0 saturated heterocycles. The molecule has 140 valence electrons. The molecule has 0 aliphatic heterocycles. The Kier molecular flexibility index (Phi) is 5.98. The standard InChI is InChI=1S/C19H23ClN2O3S/c1-19(2,3)16-7-5-6-8-17(16)21-18(23)13-22(26(4,24)25)15-11-9-14(20)10-12-15/h5-12H,13H2,1-4H3,(H,21,23). The fourth-order valence-corrected chi connectivity index (χ4v) is 3.56. The average Bonchev–Trinajstić information content (AvgIpc) is 2.52. The number of anilines is 2. The van der Waals surface area contributed by atoms with Gasteiger partial charge in [0.05, 0.1) is 11.9 Å². The van der Waals surface area contributed by atoms with Crippen molar-refractivity contribution < 1.29 is 13.2 Å². The highest BCUT2D eigenvalue weighted by Gasteiger charge is 2.23. The van der Waals surface area contributed by atoms with E-state index in [9.17, 15) is 13.2 Å². The average molecular weight is 395 g/mol. The molecule has 0 spiro atoms. The number of nitrogens with zero attached hydrogens (tertiary/aromatic N) is 1. The minimum Gasteiger partial charge on any atom is -0.324 e. The molecular weight excluding hydrogens is 372 g/mol. The Bertz CT molecular complexity index is 888. The SMILES string of the molecule is CC(C)(C)c1ccccc1NC(=O)CN(c1ccc(Cl)cc1)S(C)(=O)=O. The Morgan fingerprint density at radius 1 is 1.08 bits per heavy atom. The molecule has 0 bridgehead atoms. The first-order chi connectivity index (χ1) is 12.0. The summed E-state index contributed by atoms with van der Waals surface area (Å²) in [5.74, 6) is -0.415. The molecule has 0 atom stereocenters. The van der Waals surface area contributed by atoms with Gasteiger partial charge in [0.25, 0.3) is 0 Å². The van der Waals surface area contributed by atoms with E-state index in [1.54, 1.807) is 24.3 Å². The number of benzene rings is 2. The van der Waals surface area contributed by atoms with Crippen LogP contribution in [0.1, 0.15) is 26.3 Å². The normalized spacial score (nSPS) is 11.9. The Hall–Kier alpha value is -2.05. The van der Waals surface area contributed by atoms with E-state index in [-0.39, 0.29) is 12.0 Å². The first-order valence-electron chi connectivity index (χ1n) is 8.11. The Morgan fingerprint density at radius 2 is 1.65 bits per heavy atom. The lowest BCUT2D eigenvalue weighted by molar-refractivity contribution is -0.114. The van der Waals surface area contributed by atoms with Crippen LogP contribution >= 0.6 is 11.6 Å². The molecule has 0 aliphatic rings. The van der Waals surface area contributed by atoms with Crippen molar-refractivity contribution in [2.45, 2.75) is 26.2 Å². The van der Waals surface area contributed by atoms with Crippen molar-refractivity contribution in [3.63, 3.8) is 0 Å². The summed E-state index contributed by atoms with van der Waals surface area (Å²) in [5, 5.41) is 3.32. The molecule has 2 aromatic carbocycles. The molecular formula is C19H23ClN2O3S. The summed E-state index contributed by atoms with van der Waals surface area (Å²) in [5.41, 5.74) is 1.88. The van der Waals surface area contributed by atoms with E-state index in [1.165, 1.54) is 0 Å². The lowest BCUT2D eigenvalue weighted by Gasteiger charge is -2.25. The second-order valence-electron chi connectivity index (χ2n) is 7.09. The molecule has 0 fully saturated rings. The zero-order valence-electron chi connectivity index (χ0n) is 15.3. The number of nitrogens with one attached hydrogen (secondary N) is 1. The van der Waals surface area contributed by atoms with Gasteiger partial charge in [0, 0.05) is 10.7 Å². The van der Waals surface area contributed by atoms with Crippen LogP contribution in [0.2, 0.25) is 5.02 Å². The van der Waals surface area contributed by atoms with Gasteiger partial charge in [-0.15, -0.1) is 0 Å². The van der Waals surface area contributed by atoms with Gasteiger partial charge in [-0.1, -0.05) is 50.6 Å². The van der Waals surface area contributed by atoms with E-state index in [0.29, 0.717) is 16.4 Å². The molecule has 1 N–H and O–H groups in total. The number of hydrogen-bond donors (Lipinski definition) is 1. The van der Waals surface area contributed by atoms with E-state index in [0.717, 1.165) is 16.1 Å². The Labute approximate surface area is 160 Å². The third kappa shape index (κ3) is 5.22. The summed E-state index contributed by atoms with van der Waals surface area (Å²) in [6.45, 7) is 5.83. The van der Waals surface area contributed by atoms with E-state index >= 15 is 0 Å². The molecule has 26 heavy (non-hydrogen) atoms.